The number of nitrogens with one attached hydrogen (secondary N) is 1. The molecule has 35 heavy (non-hydrogen) atoms. The van der Waals surface area contributed by atoms with Crippen LogP contribution in [0.5, 0.6) is 0 Å². The fourth-order valence-electron chi connectivity index (χ4n) is 5.22. The minimum Gasteiger partial charge on any atom is -0.353 e. The molecule has 10 heteroatoms. The van der Waals surface area contributed by atoms with Gasteiger partial charge in [-0.1, -0.05) is 0 Å². The van der Waals surface area contributed by atoms with Gasteiger partial charge in [0.25, 0.3) is 0 Å². The number of halogens is 1. The molecule has 1 atom stereocenters. The number of pyridine rings is 1. The van der Waals surface area contributed by atoms with Gasteiger partial charge in [0.15, 0.2) is 23.1 Å². The summed E-state index contributed by atoms with van der Waals surface area (Å²) in [6.07, 6.45) is 5.32. The number of aromatic nitrogens is 5. The lowest BCUT2D eigenvalue weighted by molar-refractivity contribution is -0.114. The van der Waals surface area contributed by atoms with Gasteiger partial charge in [-0.15, -0.1) is 5.10 Å². The smallest absolute Gasteiger partial charge is 0.222 e. The van der Waals surface area contributed by atoms with Crippen LogP contribution in [0, 0.1) is 6.92 Å². The van der Waals surface area contributed by atoms with Crippen LogP contribution in [0.3, 0.4) is 0 Å². The molecule has 0 bridgehead atoms. The van der Waals surface area contributed by atoms with Crippen molar-refractivity contribution < 1.29 is 9.18 Å². The van der Waals surface area contributed by atoms with Crippen molar-refractivity contribution in [3.8, 4) is 5.82 Å². The van der Waals surface area contributed by atoms with Gasteiger partial charge in [0.05, 0.1) is 10.9 Å². The van der Waals surface area contributed by atoms with E-state index in [1.165, 1.54) is 33.6 Å². The van der Waals surface area contributed by atoms with E-state index < -0.39 is 5.67 Å². The number of anilines is 2. The largest absolute Gasteiger partial charge is 0.353 e. The summed E-state index contributed by atoms with van der Waals surface area (Å²) in [5.41, 5.74) is -0.191. The van der Waals surface area contributed by atoms with Gasteiger partial charge in [-0.2, -0.15) is 0 Å². The number of hydrogen-bond acceptors (Lipinski definition) is 7. The first-order valence-electron chi connectivity index (χ1n) is 12.3. The van der Waals surface area contributed by atoms with Crippen molar-refractivity contribution in [3.63, 3.8) is 0 Å². The molecule has 0 spiro atoms. The Bertz CT molecular complexity index is 1280. The van der Waals surface area contributed by atoms with Gasteiger partial charge in [-0.3, -0.25) is 9.69 Å². The first-order chi connectivity index (χ1) is 16.5. The SMILES string of the molecule is CC(=O)Nc1cc2c(cn1)c(N1CCC(C)(N3CCCC3)C1)nn2-c1cc(C)nc(C(C)(C)F)n1. The first-order valence-corrected chi connectivity index (χ1v) is 12.3. The molecular weight excluding hydrogens is 447 g/mol. The fourth-order valence-corrected chi connectivity index (χ4v) is 5.22. The summed E-state index contributed by atoms with van der Waals surface area (Å²) < 4.78 is 16.5. The van der Waals surface area contributed by atoms with E-state index in [0.717, 1.165) is 49.3 Å². The summed E-state index contributed by atoms with van der Waals surface area (Å²) in [4.78, 5) is 29.9. The molecule has 9 nitrogen and oxygen atoms in total. The van der Waals surface area contributed by atoms with Crippen molar-refractivity contribution in [1.82, 2.24) is 29.6 Å². The van der Waals surface area contributed by atoms with Crippen LogP contribution in [0.4, 0.5) is 16.0 Å². The molecule has 2 aliphatic heterocycles. The van der Waals surface area contributed by atoms with E-state index in [-0.39, 0.29) is 17.3 Å². The van der Waals surface area contributed by atoms with Gasteiger partial charge >= 0.3 is 0 Å². The third-order valence-electron chi connectivity index (χ3n) is 7.06. The first kappa shape index (κ1) is 23.6. The molecule has 3 aromatic heterocycles. The Kier molecular flexibility index (Phi) is 5.74. The highest BCUT2D eigenvalue weighted by Crippen LogP contribution is 2.37. The third-order valence-corrected chi connectivity index (χ3v) is 7.06. The highest BCUT2D eigenvalue weighted by Gasteiger charge is 2.41. The number of likely N-dealkylation sites (tertiary alicyclic amines) is 1. The zero-order chi connectivity index (χ0) is 25.0. The highest BCUT2D eigenvalue weighted by atomic mass is 19.1. The molecule has 1 unspecified atom stereocenters. The average molecular weight is 481 g/mol. The van der Waals surface area contributed by atoms with Gasteiger partial charge < -0.3 is 10.2 Å². The van der Waals surface area contributed by atoms with Crippen LogP contribution in [0.2, 0.25) is 0 Å². The molecule has 2 fully saturated rings. The molecule has 1 amide bonds. The maximum absolute atomic E-state index is 14.8. The predicted octanol–water partition coefficient (Wildman–Crippen LogP) is 3.75. The molecule has 5 rings (SSSR count). The minimum atomic E-state index is -1.69. The molecule has 3 aromatic rings. The van der Waals surface area contributed by atoms with Gasteiger partial charge in [-0.25, -0.2) is 24.0 Å². The number of carbonyl (C=O) groups excluding carboxylic acids is 1. The van der Waals surface area contributed by atoms with Crippen molar-refractivity contribution in [1.29, 1.82) is 0 Å². The van der Waals surface area contributed by atoms with E-state index >= 15 is 0 Å². The van der Waals surface area contributed by atoms with E-state index in [4.69, 9.17) is 5.10 Å². The Morgan fingerprint density at radius 2 is 1.91 bits per heavy atom. The summed E-state index contributed by atoms with van der Waals surface area (Å²) >= 11 is 0. The molecule has 0 saturated carbocycles. The van der Waals surface area contributed by atoms with Crippen molar-refractivity contribution >= 4 is 28.4 Å². The zero-order valence-corrected chi connectivity index (χ0v) is 21.1. The lowest BCUT2D eigenvalue weighted by Crippen LogP contribution is -2.46. The number of carbonyl (C=O) groups is 1. The molecule has 0 aliphatic carbocycles. The number of alkyl halides is 1. The lowest BCUT2D eigenvalue weighted by Gasteiger charge is -2.35. The van der Waals surface area contributed by atoms with Crippen LogP contribution in [-0.2, 0) is 10.5 Å². The molecule has 2 saturated heterocycles. The summed E-state index contributed by atoms with van der Waals surface area (Å²) in [7, 11) is 0. The van der Waals surface area contributed by atoms with Gasteiger partial charge in [0.2, 0.25) is 5.91 Å². The van der Waals surface area contributed by atoms with Crippen LogP contribution in [-0.4, -0.2) is 67.3 Å². The fraction of sp³-hybridized carbons (Fsp3) is 0.560. The van der Waals surface area contributed by atoms with Crippen molar-refractivity contribution in [2.75, 3.05) is 36.4 Å². The lowest BCUT2D eigenvalue weighted by atomic mass is 10.00. The Labute approximate surface area is 204 Å². The number of rotatable bonds is 5. The average Bonchev–Trinajstić information content (AvgIpc) is 3.51. The van der Waals surface area contributed by atoms with Crippen LogP contribution in [0.25, 0.3) is 16.7 Å². The maximum Gasteiger partial charge on any atom is 0.222 e. The predicted molar refractivity (Wildman–Crippen MR) is 134 cm³/mol. The van der Waals surface area contributed by atoms with Crippen LogP contribution < -0.4 is 10.2 Å². The molecular formula is C25H33FN8O. The molecule has 186 valence electrons. The summed E-state index contributed by atoms with van der Waals surface area (Å²) in [5.74, 6) is 1.64. The second-order valence-corrected chi connectivity index (χ2v) is 10.5. The Hall–Kier alpha value is -3.14. The number of fused-ring (bicyclic) bond motifs is 1. The second-order valence-electron chi connectivity index (χ2n) is 10.5. The van der Waals surface area contributed by atoms with Crippen LogP contribution in [0.1, 0.15) is 58.5 Å². The van der Waals surface area contributed by atoms with Gasteiger partial charge in [0, 0.05) is 49.6 Å². The van der Waals surface area contributed by atoms with Crippen LogP contribution in [0.15, 0.2) is 18.3 Å². The van der Waals surface area contributed by atoms with Crippen LogP contribution >= 0.6 is 0 Å². The minimum absolute atomic E-state index is 0.104. The van der Waals surface area contributed by atoms with Crippen molar-refractivity contribution in [3.05, 3.63) is 29.8 Å². The Morgan fingerprint density at radius 3 is 2.60 bits per heavy atom. The Balaban J connectivity index is 1.62. The molecule has 2 aliphatic rings. The summed E-state index contributed by atoms with van der Waals surface area (Å²) in [6, 6.07) is 3.59. The number of amides is 1. The zero-order valence-electron chi connectivity index (χ0n) is 21.1. The van der Waals surface area contributed by atoms with Crippen molar-refractivity contribution in [2.45, 2.75) is 65.1 Å². The number of nitrogens with zero attached hydrogens (tertiary/aromatic N) is 7. The quantitative estimate of drug-likeness (QED) is 0.595. The molecule has 1 N–H and O–H groups in total. The monoisotopic (exact) mass is 480 g/mol. The molecule has 5 heterocycles. The van der Waals surface area contributed by atoms with Gasteiger partial charge in [-0.05, 0) is 60.0 Å². The van der Waals surface area contributed by atoms with E-state index in [2.05, 4.69) is 37.0 Å². The van der Waals surface area contributed by atoms with Crippen molar-refractivity contribution in [2.24, 2.45) is 0 Å². The second kappa shape index (κ2) is 8.51. The van der Waals surface area contributed by atoms with E-state index in [0.29, 0.717) is 17.3 Å². The van der Waals surface area contributed by atoms with E-state index in [9.17, 15) is 9.18 Å². The standard InChI is InChI=1S/C25H33FN8O/c1-16-12-21(30-23(28-16)24(3,4)26)34-19-13-20(29-17(2)35)27-14-18(19)22(31-34)32-11-8-25(5,15-32)33-9-6-7-10-33/h12-14H,6-11,15H2,1-5H3,(H,27,29,35). The highest BCUT2D eigenvalue weighted by molar-refractivity contribution is 5.95. The topological polar surface area (TPSA) is 92.1 Å². The third kappa shape index (κ3) is 4.47. The normalized spacial score (nSPS) is 21.3. The summed E-state index contributed by atoms with van der Waals surface area (Å²) in [6.45, 7) is 12.5. The Morgan fingerprint density at radius 1 is 1.17 bits per heavy atom. The summed E-state index contributed by atoms with van der Waals surface area (Å²) in [5, 5.41) is 8.59. The molecule has 0 aromatic carbocycles. The van der Waals surface area contributed by atoms with E-state index in [1.807, 2.05) is 6.92 Å². The maximum atomic E-state index is 14.8. The van der Waals surface area contributed by atoms with E-state index in [1.54, 1.807) is 23.0 Å². The number of hydrogen-bond donors (Lipinski definition) is 1. The molecule has 0 radical (unpaired) electrons. The van der Waals surface area contributed by atoms with Gasteiger partial charge in [0.1, 0.15) is 5.82 Å². The number of aryl methyl sites for hydroxylation is 1.